The molecule has 1 rings (SSSR count). The summed E-state index contributed by atoms with van der Waals surface area (Å²) in [7, 11) is 0. The molecule has 0 heterocycles. The summed E-state index contributed by atoms with van der Waals surface area (Å²) in [5, 5.41) is 12.2. The standard InChI is InChI=1S/C14H21NO2/c1-3-7-13(14(16)17)15-10-12-9-6-5-8-11(12)4-2/h5-6,8-9,13,15H,3-4,7,10H2,1-2H3,(H,16,17). The van der Waals surface area contributed by atoms with Crippen LogP contribution < -0.4 is 5.32 Å². The Morgan fingerprint density at radius 3 is 2.47 bits per heavy atom. The lowest BCUT2D eigenvalue weighted by molar-refractivity contribution is -0.139. The first-order chi connectivity index (χ1) is 8.19. The van der Waals surface area contributed by atoms with E-state index < -0.39 is 12.0 Å². The van der Waals surface area contributed by atoms with Crippen LogP contribution in [0.25, 0.3) is 0 Å². The molecule has 0 saturated carbocycles. The normalized spacial score (nSPS) is 12.4. The molecule has 1 aromatic rings. The van der Waals surface area contributed by atoms with E-state index in [1.807, 2.05) is 19.1 Å². The zero-order chi connectivity index (χ0) is 12.7. The van der Waals surface area contributed by atoms with Gasteiger partial charge in [-0.1, -0.05) is 44.5 Å². The molecule has 0 aliphatic carbocycles. The number of nitrogens with one attached hydrogen (secondary N) is 1. The molecule has 94 valence electrons. The van der Waals surface area contributed by atoms with Crippen molar-refractivity contribution in [2.75, 3.05) is 0 Å². The lowest BCUT2D eigenvalue weighted by Crippen LogP contribution is -2.36. The molecular formula is C14H21NO2. The Hall–Kier alpha value is -1.35. The maximum absolute atomic E-state index is 11.0. The Bertz CT molecular complexity index is 363. The van der Waals surface area contributed by atoms with Gasteiger partial charge < -0.3 is 10.4 Å². The molecule has 0 amide bonds. The summed E-state index contributed by atoms with van der Waals surface area (Å²) in [6.45, 7) is 4.73. The number of aliphatic carboxylic acids is 1. The number of rotatable bonds is 7. The van der Waals surface area contributed by atoms with Crippen LogP contribution in [-0.2, 0) is 17.8 Å². The van der Waals surface area contributed by atoms with Gasteiger partial charge in [-0.15, -0.1) is 0 Å². The van der Waals surface area contributed by atoms with E-state index in [1.54, 1.807) is 0 Å². The summed E-state index contributed by atoms with van der Waals surface area (Å²) in [6, 6.07) is 7.71. The van der Waals surface area contributed by atoms with Crippen molar-refractivity contribution >= 4 is 5.97 Å². The van der Waals surface area contributed by atoms with E-state index in [2.05, 4.69) is 24.4 Å². The Morgan fingerprint density at radius 2 is 1.94 bits per heavy atom. The van der Waals surface area contributed by atoms with Crippen LogP contribution in [0.4, 0.5) is 0 Å². The first-order valence-electron chi connectivity index (χ1n) is 6.22. The van der Waals surface area contributed by atoms with Gasteiger partial charge in [-0.2, -0.15) is 0 Å². The largest absolute Gasteiger partial charge is 0.480 e. The fourth-order valence-electron chi connectivity index (χ4n) is 1.91. The van der Waals surface area contributed by atoms with Crippen LogP contribution in [0.2, 0.25) is 0 Å². The second-order valence-electron chi connectivity index (χ2n) is 4.18. The van der Waals surface area contributed by atoms with E-state index in [9.17, 15) is 4.79 Å². The van der Waals surface area contributed by atoms with Crippen molar-refractivity contribution in [2.24, 2.45) is 0 Å². The van der Waals surface area contributed by atoms with Crippen molar-refractivity contribution in [1.29, 1.82) is 0 Å². The van der Waals surface area contributed by atoms with Crippen molar-refractivity contribution in [3.8, 4) is 0 Å². The highest BCUT2D eigenvalue weighted by Gasteiger charge is 2.15. The highest BCUT2D eigenvalue weighted by Crippen LogP contribution is 2.10. The van der Waals surface area contributed by atoms with Crippen LogP contribution >= 0.6 is 0 Å². The molecule has 1 atom stereocenters. The van der Waals surface area contributed by atoms with E-state index in [1.165, 1.54) is 11.1 Å². The van der Waals surface area contributed by atoms with Crippen molar-refractivity contribution < 1.29 is 9.90 Å². The SMILES string of the molecule is CCCC(NCc1ccccc1CC)C(=O)O. The molecular weight excluding hydrogens is 214 g/mol. The first kappa shape index (κ1) is 13.7. The first-order valence-corrected chi connectivity index (χ1v) is 6.22. The number of hydrogen-bond donors (Lipinski definition) is 2. The average Bonchev–Trinajstić information content (AvgIpc) is 2.34. The molecule has 0 bridgehead atoms. The molecule has 0 radical (unpaired) electrons. The van der Waals surface area contributed by atoms with Gasteiger partial charge in [-0.3, -0.25) is 4.79 Å². The van der Waals surface area contributed by atoms with Gasteiger partial charge in [0.2, 0.25) is 0 Å². The molecule has 0 aliphatic heterocycles. The minimum absolute atomic E-state index is 0.440. The van der Waals surface area contributed by atoms with Gasteiger partial charge >= 0.3 is 5.97 Å². The van der Waals surface area contributed by atoms with E-state index >= 15 is 0 Å². The van der Waals surface area contributed by atoms with E-state index in [-0.39, 0.29) is 0 Å². The molecule has 3 nitrogen and oxygen atoms in total. The third kappa shape index (κ3) is 4.19. The van der Waals surface area contributed by atoms with Crippen LogP contribution in [0.1, 0.15) is 37.8 Å². The van der Waals surface area contributed by atoms with E-state index in [0.29, 0.717) is 13.0 Å². The van der Waals surface area contributed by atoms with Crippen molar-refractivity contribution in [3.05, 3.63) is 35.4 Å². The Balaban J connectivity index is 2.61. The van der Waals surface area contributed by atoms with Gasteiger partial charge in [0.1, 0.15) is 6.04 Å². The molecule has 17 heavy (non-hydrogen) atoms. The molecule has 1 aromatic carbocycles. The van der Waals surface area contributed by atoms with E-state index in [4.69, 9.17) is 5.11 Å². The smallest absolute Gasteiger partial charge is 0.320 e. The van der Waals surface area contributed by atoms with Crippen LogP contribution in [0.15, 0.2) is 24.3 Å². The predicted octanol–water partition coefficient (Wildman–Crippen LogP) is 2.59. The third-order valence-corrected chi connectivity index (χ3v) is 2.91. The monoisotopic (exact) mass is 235 g/mol. The summed E-state index contributed by atoms with van der Waals surface area (Å²) in [6.07, 6.45) is 2.52. The number of carboxylic acids is 1. The summed E-state index contributed by atoms with van der Waals surface area (Å²) < 4.78 is 0. The number of hydrogen-bond acceptors (Lipinski definition) is 2. The molecule has 0 aliphatic rings. The zero-order valence-corrected chi connectivity index (χ0v) is 10.6. The molecule has 0 saturated heterocycles. The average molecular weight is 235 g/mol. The molecule has 2 N–H and O–H groups in total. The second-order valence-corrected chi connectivity index (χ2v) is 4.18. The van der Waals surface area contributed by atoms with Gasteiger partial charge in [0, 0.05) is 6.54 Å². The quantitative estimate of drug-likeness (QED) is 0.763. The number of carboxylic acid groups (broad SMARTS) is 1. The zero-order valence-electron chi connectivity index (χ0n) is 10.6. The summed E-state index contributed by atoms with van der Waals surface area (Å²) in [4.78, 5) is 11.0. The van der Waals surface area contributed by atoms with Crippen molar-refractivity contribution in [1.82, 2.24) is 5.32 Å². The van der Waals surface area contributed by atoms with Gasteiger partial charge in [0.25, 0.3) is 0 Å². The van der Waals surface area contributed by atoms with Crippen LogP contribution in [0.5, 0.6) is 0 Å². The van der Waals surface area contributed by atoms with Gasteiger partial charge in [-0.05, 0) is 24.0 Å². The maximum atomic E-state index is 11.0. The van der Waals surface area contributed by atoms with Crippen LogP contribution in [0, 0.1) is 0 Å². The Kier molecular flexibility index (Phi) is 5.70. The highest BCUT2D eigenvalue weighted by atomic mass is 16.4. The topological polar surface area (TPSA) is 49.3 Å². The summed E-state index contributed by atoms with van der Waals surface area (Å²) in [5.41, 5.74) is 2.47. The van der Waals surface area contributed by atoms with Gasteiger partial charge in [0.05, 0.1) is 0 Å². The highest BCUT2D eigenvalue weighted by molar-refractivity contribution is 5.73. The lowest BCUT2D eigenvalue weighted by atomic mass is 10.0. The second kappa shape index (κ2) is 7.07. The minimum atomic E-state index is -0.763. The third-order valence-electron chi connectivity index (χ3n) is 2.91. The van der Waals surface area contributed by atoms with Crippen LogP contribution in [-0.4, -0.2) is 17.1 Å². The molecule has 0 aromatic heterocycles. The molecule has 1 unspecified atom stereocenters. The fourth-order valence-corrected chi connectivity index (χ4v) is 1.91. The number of benzene rings is 1. The van der Waals surface area contributed by atoms with Gasteiger partial charge in [-0.25, -0.2) is 0 Å². The lowest BCUT2D eigenvalue weighted by Gasteiger charge is -2.15. The maximum Gasteiger partial charge on any atom is 0.320 e. The van der Waals surface area contributed by atoms with E-state index in [0.717, 1.165) is 12.8 Å². The van der Waals surface area contributed by atoms with Crippen LogP contribution in [0.3, 0.4) is 0 Å². The van der Waals surface area contributed by atoms with Crippen molar-refractivity contribution in [2.45, 2.75) is 45.7 Å². The molecule has 0 fully saturated rings. The fraction of sp³-hybridized carbons (Fsp3) is 0.500. The Labute approximate surface area is 103 Å². The summed E-state index contributed by atoms with van der Waals surface area (Å²) >= 11 is 0. The number of aryl methyl sites for hydroxylation is 1. The number of carbonyl (C=O) groups is 1. The van der Waals surface area contributed by atoms with Crippen molar-refractivity contribution in [3.63, 3.8) is 0 Å². The Morgan fingerprint density at radius 1 is 1.29 bits per heavy atom. The molecule has 3 heteroatoms. The molecule has 0 spiro atoms. The summed E-state index contributed by atoms with van der Waals surface area (Å²) in [5.74, 6) is -0.763. The predicted molar refractivity (Wildman–Crippen MR) is 69.0 cm³/mol. The minimum Gasteiger partial charge on any atom is -0.480 e. The van der Waals surface area contributed by atoms with Gasteiger partial charge in [0.15, 0.2) is 0 Å².